The minimum Gasteiger partial charge on any atom is -0.489 e. The van der Waals surface area contributed by atoms with Gasteiger partial charge >= 0.3 is 0 Å². The second kappa shape index (κ2) is 10.4. The molecule has 0 aliphatic carbocycles. The van der Waals surface area contributed by atoms with E-state index in [1.807, 2.05) is 11.0 Å². The number of H-pyrrole nitrogens is 1. The number of hydrogen-bond donors (Lipinski definition) is 1. The topological polar surface area (TPSA) is 124 Å². The number of nitrogens with zero attached hydrogens (tertiary/aromatic N) is 5. The fourth-order valence-corrected chi connectivity index (χ4v) is 4.17. The number of amides is 1. The highest BCUT2D eigenvalue weighted by Crippen LogP contribution is 2.24. The summed E-state index contributed by atoms with van der Waals surface area (Å²) in [5.74, 6) is 1.38. The van der Waals surface area contributed by atoms with Crippen molar-refractivity contribution < 1.29 is 14.3 Å². The highest BCUT2D eigenvalue weighted by atomic mass is 16.5. The number of hydrogen-bond acceptors (Lipinski definition) is 8. The number of nitrogens with one attached hydrogen (secondary N) is 1. The van der Waals surface area contributed by atoms with E-state index in [0.717, 1.165) is 25.1 Å². The zero-order chi connectivity index (χ0) is 23.2. The minimum atomic E-state index is -0.268. The third kappa shape index (κ3) is 5.68. The number of carbonyl (C=O) groups is 1. The zero-order valence-corrected chi connectivity index (χ0v) is 18.7. The molecule has 33 heavy (non-hydrogen) atoms. The van der Waals surface area contributed by atoms with E-state index in [0.29, 0.717) is 56.1 Å². The molecule has 2 saturated heterocycles. The number of carbonyl (C=O) groups excluding carboxylic acids is 1. The number of rotatable bonds is 6. The van der Waals surface area contributed by atoms with Gasteiger partial charge in [-0.05, 0) is 38.3 Å². The van der Waals surface area contributed by atoms with E-state index >= 15 is 0 Å². The minimum absolute atomic E-state index is 0.101. The molecule has 4 heterocycles. The van der Waals surface area contributed by atoms with Crippen molar-refractivity contribution in [1.29, 1.82) is 5.26 Å². The molecular formula is C23H28N6O4. The van der Waals surface area contributed by atoms with Crippen molar-refractivity contribution in [2.75, 3.05) is 37.7 Å². The number of anilines is 1. The second-order valence-corrected chi connectivity index (χ2v) is 8.40. The average Bonchev–Trinajstić information content (AvgIpc) is 2.85. The zero-order valence-electron chi connectivity index (χ0n) is 18.7. The van der Waals surface area contributed by atoms with Crippen molar-refractivity contribution in [1.82, 2.24) is 20.1 Å². The van der Waals surface area contributed by atoms with Crippen molar-refractivity contribution in [2.24, 2.45) is 0 Å². The van der Waals surface area contributed by atoms with Gasteiger partial charge in [-0.1, -0.05) is 0 Å². The molecule has 1 amide bonds. The molecule has 0 aromatic carbocycles. The van der Waals surface area contributed by atoms with Crippen LogP contribution >= 0.6 is 0 Å². The molecule has 2 aliphatic heterocycles. The van der Waals surface area contributed by atoms with Gasteiger partial charge in [-0.3, -0.25) is 9.59 Å². The van der Waals surface area contributed by atoms with Crippen LogP contribution in [-0.4, -0.2) is 71.0 Å². The van der Waals surface area contributed by atoms with Crippen LogP contribution in [0.2, 0.25) is 0 Å². The molecule has 0 spiro atoms. The van der Waals surface area contributed by atoms with Crippen LogP contribution in [0.3, 0.4) is 0 Å². The maximum atomic E-state index is 12.9. The third-order valence-electron chi connectivity index (χ3n) is 6.16. The van der Waals surface area contributed by atoms with E-state index in [9.17, 15) is 9.59 Å². The molecule has 0 unspecified atom stereocenters. The Hall–Kier alpha value is -3.45. The summed E-state index contributed by atoms with van der Waals surface area (Å²) in [4.78, 5) is 32.9. The van der Waals surface area contributed by atoms with Gasteiger partial charge < -0.3 is 19.3 Å². The highest BCUT2D eigenvalue weighted by molar-refractivity contribution is 5.77. The first-order chi connectivity index (χ1) is 16.0. The molecule has 2 aromatic rings. The molecule has 2 aromatic heterocycles. The average molecular weight is 453 g/mol. The summed E-state index contributed by atoms with van der Waals surface area (Å²) in [7, 11) is 0. The van der Waals surface area contributed by atoms with Gasteiger partial charge in [0.2, 0.25) is 5.91 Å². The van der Waals surface area contributed by atoms with Crippen LogP contribution in [0.1, 0.15) is 36.8 Å². The Kier molecular flexibility index (Phi) is 7.19. The van der Waals surface area contributed by atoms with E-state index < -0.39 is 0 Å². The predicted octanol–water partition coefficient (Wildman–Crippen LogP) is 1.40. The lowest BCUT2D eigenvalue weighted by Crippen LogP contribution is -2.50. The molecule has 2 aliphatic rings. The Morgan fingerprint density at radius 2 is 2.03 bits per heavy atom. The van der Waals surface area contributed by atoms with E-state index in [1.54, 1.807) is 19.2 Å². The smallest absolute Gasteiger partial charge is 0.270 e. The molecule has 2 fully saturated rings. The Balaban J connectivity index is 1.23. The van der Waals surface area contributed by atoms with Gasteiger partial charge in [-0.25, -0.2) is 10.1 Å². The normalized spacial score (nSPS) is 20.8. The first kappa shape index (κ1) is 22.7. The Morgan fingerprint density at radius 3 is 2.76 bits per heavy atom. The summed E-state index contributed by atoms with van der Waals surface area (Å²) >= 11 is 0. The number of nitriles is 1. The first-order valence-corrected chi connectivity index (χ1v) is 11.2. The van der Waals surface area contributed by atoms with Gasteiger partial charge in [0.25, 0.3) is 5.56 Å². The Labute approximate surface area is 192 Å². The summed E-state index contributed by atoms with van der Waals surface area (Å²) in [6.07, 6.45) is 5.85. The summed E-state index contributed by atoms with van der Waals surface area (Å²) in [6, 6.07) is 5.67. The van der Waals surface area contributed by atoms with Crippen molar-refractivity contribution in [3.05, 3.63) is 46.0 Å². The van der Waals surface area contributed by atoms with E-state index in [4.69, 9.17) is 14.7 Å². The Morgan fingerprint density at radius 1 is 1.24 bits per heavy atom. The molecule has 4 rings (SSSR count). The number of piperazine rings is 1. The number of aromatic amines is 1. The Bertz CT molecular complexity index is 1060. The molecule has 174 valence electrons. The van der Waals surface area contributed by atoms with E-state index in [1.165, 1.54) is 6.20 Å². The molecule has 1 N–H and O–H groups in total. The fraction of sp³-hybridized carbons (Fsp3) is 0.522. The van der Waals surface area contributed by atoms with Crippen LogP contribution in [0.25, 0.3) is 0 Å². The molecule has 2 atom stereocenters. The van der Waals surface area contributed by atoms with Crippen molar-refractivity contribution in [3.63, 3.8) is 0 Å². The molecule has 0 radical (unpaired) electrons. The van der Waals surface area contributed by atoms with Crippen LogP contribution in [0.5, 0.6) is 5.75 Å². The quantitative estimate of drug-likeness (QED) is 0.697. The summed E-state index contributed by atoms with van der Waals surface area (Å²) in [5, 5.41) is 15.1. The van der Waals surface area contributed by atoms with Crippen LogP contribution in [0.15, 0.2) is 29.3 Å². The lowest BCUT2D eigenvalue weighted by Gasteiger charge is -2.37. The van der Waals surface area contributed by atoms with Crippen molar-refractivity contribution in [2.45, 2.75) is 44.8 Å². The van der Waals surface area contributed by atoms with Crippen LogP contribution in [0.4, 0.5) is 5.82 Å². The summed E-state index contributed by atoms with van der Waals surface area (Å²) < 4.78 is 11.9. The maximum absolute atomic E-state index is 12.9. The molecule has 0 saturated carbocycles. The maximum Gasteiger partial charge on any atom is 0.270 e. The number of pyridine rings is 1. The van der Waals surface area contributed by atoms with Gasteiger partial charge in [0.1, 0.15) is 24.2 Å². The lowest BCUT2D eigenvalue weighted by molar-refractivity contribution is -0.138. The molecular weight excluding hydrogens is 424 g/mol. The van der Waals surface area contributed by atoms with Crippen molar-refractivity contribution >= 4 is 11.7 Å². The first-order valence-electron chi connectivity index (χ1n) is 11.2. The fourth-order valence-electron chi connectivity index (χ4n) is 4.17. The monoisotopic (exact) mass is 452 g/mol. The number of aromatic nitrogens is 3. The SMILES string of the molecule is Cc1c(OC[C@@H]2CCC[C@@H](CC(=O)N3CCN(c4ccc(C#N)cn4)CC3)O2)cn[nH]c1=O. The van der Waals surface area contributed by atoms with Gasteiger partial charge in [0.15, 0.2) is 0 Å². The van der Waals surface area contributed by atoms with Gasteiger partial charge in [0, 0.05) is 32.4 Å². The van der Waals surface area contributed by atoms with Gasteiger partial charge in [-0.15, -0.1) is 0 Å². The highest BCUT2D eigenvalue weighted by Gasteiger charge is 2.28. The van der Waals surface area contributed by atoms with Gasteiger partial charge in [0.05, 0.1) is 36.0 Å². The van der Waals surface area contributed by atoms with Crippen LogP contribution in [-0.2, 0) is 9.53 Å². The second-order valence-electron chi connectivity index (χ2n) is 8.40. The number of ether oxygens (including phenoxy) is 2. The van der Waals surface area contributed by atoms with E-state index in [-0.39, 0.29) is 23.7 Å². The van der Waals surface area contributed by atoms with Gasteiger partial charge in [-0.2, -0.15) is 10.4 Å². The van der Waals surface area contributed by atoms with Crippen LogP contribution in [0, 0.1) is 18.3 Å². The third-order valence-corrected chi connectivity index (χ3v) is 6.16. The van der Waals surface area contributed by atoms with E-state index in [2.05, 4.69) is 26.2 Å². The molecule has 10 heteroatoms. The summed E-state index contributed by atoms with van der Waals surface area (Å²) in [6.45, 7) is 4.69. The predicted molar refractivity (Wildman–Crippen MR) is 120 cm³/mol. The van der Waals surface area contributed by atoms with Crippen LogP contribution < -0.4 is 15.2 Å². The standard InChI is InChI=1S/C23H28N6O4/c1-16-20(14-26-27-23(16)31)32-15-19-4-2-3-18(33-19)11-22(30)29-9-7-28(8-10-29)21-6-5-17(12-24)13-25-21/h5-6,13-14,18-19H,2-4,7-11,15H2,1H3,(H,27,31)/t18-,19-/m0/s1. The molecule has 10 nitrogen and oxygen atoms in total. The van der Waals surface area contributed by atoms with Crippen molar-refractivity contribution in [3.8, 4) is 11.8 Å². The molecule has 0 bridgehead atoms. The summed E-state index contributed by atoms with van der Waals surface area (Å²) in [5.41, 5.74) is 0.756. The lowest BCUT2D eigenvalue weighted by atomic mass is 10.0. The largest absolute Gasteiger partial charge is 0.489 e.